The predicted octanol–water partition coefficient (Wildman–Crippen LogP) is 4.24. The number of nitrogens with one attached hydrogen (secondary N) is 2. The van der Waals surface area contributed by atoms with Gasteiger partial charge in [-0.05, 0) is 52.7 Å². The van der Waals surface area contributed by atoms with Crippen LogP contribution in [0.1, 0.15) is 26.4 Å². The highest BCUT2D eigenvalue weighted by Gasteiger charge is 2.24. The van der Waals surface area contributed by atoms with Crippen molar-refractivity contribution in [2.45, 2.75) is 6.92 Å². The summed E-state index contributed by atoms with van der Waals surface area (Å²) in [5.41, 5.74) is 3.04. The number of rotatable bonds is 4. The SMILES string of the molecule is COC(=O)NN(C)C(=O)c1ccc(Cl)c(C)c1NC(=O)c1cc(Br)nn1-c1ncccc1Cl. The molecule has 2 heterocycles. The number of anilines is 1. The molecule has 0 saturated carbocycles. The van der Waals surface area contributed by atoms with Crippen molar-refractivity contribution in [3.63, 3.8) is 0 Å². The van der Waals surface area contributed by atoms with Crippen molar-refractivity contribution in [1.82, 2.24) is 25.2 Å². The van der Waals surface area contributed by atoms with Gasteiger partial charge in [0.1, 0.15) is 10.3 Å². The molecular weight excluding hydrogens is 539 g/mol. The van der Waals surface area contributed by atoms with Crippen LogP contribution in [0.3, 0.4) is 0 Å². The number of benzene rings is 1. The van der Waals surface area contributed by atoms with Gasteiger partial charge in [0, 0.05) is 24.3 Å². The molecule has 2 aromatic heterocycles. The number of ether oxygens (including phenoxy) is 1. The third-order valence-electron chi connectivity index (χ3n) is 4.47. The number of carbonyl (C=O) groups is 3. The lowest BCUT2D eigenvalue weighted by molar-refractivity contribution is 0.0691. The number of methoxy groups -OCH3 is 1. The van der Waals surface area contributed by atoms with Crippen LogP contribution in [0.2, 0.25) is 10.0 Å². The zero-order chi connectivity index (χ0) is 24.3. The maximum absolute atomic E-state index is 13.2. The zero-order valence-electron chi connectivity index (χ0n) is 17.5. The molecule has 0 saturated heterocycles. The van der Waals surface area contributed by atoms with Crippen LogP contribution in [0.4, 0.5) is 10.5 Å². The minimum Gasteiger partial charge on any atom is -0.452 e. The predicted molar refractivity (Wildman–Crippen MR) is 126 cm³/mol. The zero-order valence-corrected chi connectivity index (χ0v) is 20.6. The number of nitrogens with zero attached hydrogens (tertiary/aromatic N) is 4. The summed E-state index contributed by atoms with van der Waals surface area (Å²) >= 11 is 15.7. The van der Waals surface area contributed by atoms with Crippen LogP contribution in [0.15, 0.2) is 41.1 Å². The average Bonchev–Trinajstić information content (AvgIpc) is 3.18. The van der Waals surface area contributed by atoms with E-state index in [-0.39, 0.29) is 27.8 Å². The highest BCUT2D eigenvalue weighted by molar-refractivity contribution is 9.10. The maximum Gasteiger partial charge on any atom is 0.425 e. The van der Waals surface area contributed by atoms with E-state index in [1.165, 1.54) is 43.2 Å². The lowest BCUT2D eigenvalue weighted by Gasteiger charge is -2.21. The second-order valence-electron chi connectivity index (χ2n) is 6.59. The number of hydrazine groups is 1. The van der Waals surface area contributed by atoms with Crippen LogP contribution in [-0.2, 0) is 4.74 Å². The minimum absolute atomic E-state index is 0.0881. The summed E-state index contributed by atoms with van der Waals surface area (Å²) < 4.78 is 6.15. The van der Waals surface area contributed by atoms with E-state index in [0.29, 0.717) is 15.2 Å². The van der Waals surface area contributed by atoms with Crippen molar-refractivity contribution in [3.05, 3.63) is 68.0 Å². The molecule has 0 spiro atoms. The number of pyridine rings is 1. The summed E-state index contributed by atoms with van der Waals surface area (Å²) in [6.45, 7) is 1.64. The van der Waals surface area contributed by atoms with E-state index in [0.717, 1.165) is 5.01 Å². The summed E-state index contributed by atoms with van der Waals surface area (Å²) in [5, 5.41) is 8.49. The van der Waals surface area contributed by atoms with Crippen LogP contribution in [0, 0.1) is 6.92 Å². The monoisotopic (exact) mass is 554 g/mol. The van der Waals surface area contributed by atoms with E-state index in [1.54, 1.807) is 19.1 Å². The second kappa shape index (κ2) is 10.2. The van der Waals surface area contributed by atoms with Crippen molar-refractivity contribution in [2.24, 2.45) is 0 Å². The first-order valence-corrected chi connectivity index (χ1v) is 10.8. The van der Waals surface area contributed by atoms with Gasteiger partial charge in [0.2, 0.25) is 0 Å². The number of carbonyl (C=O) groups excluding carboxylic acids is 3. The number of hydrogen-bond acceptors (Lipinski definition) is 6. The number of aromatic nitrogens is 3. The van der Waals surface area contributed by atoms with E-state index in [4.69, 9.17) is 23.2 Å². The van der Waals surface area contributed by atoms with Crippen LogP contribution < -0.4 is 10.7 Å². The third-order valence-corrected chi connectivity index (χ3v) is 5.56. The molecular formula is C20H17BrCl2N6O4. The van der Waals surface area contributed by atoms with Gasteiger partial charge in [-0.1, -0.05) is 23.2 Å². The number of amides is 3. The van der Waals surface area contributed by atoms with E-state index in [1.807, 2.05) is 0 Å². The highest BCUT2D eigenvalue weighted by Crippen LogP contribution is 2.29. The van der Waals surface area contributed by atoms with Gasteiger partial charge in [-0.15, -0.1) is 0 Å². The highest BCUT2D eigenvalue weighted by atomic mass is 79.9. The Balaban J connectivity index is 2.00. The topological polar surface area (TPSA) is 118 Å². The Labute approximate surface area is 206 Å². The smallest absolute Gasteiger partial charge is 0.425 e. The Bertz CT molecular complexity index is 1250. The first kappa shape index (κ1) is 24.5. The van der Waals surface area contributed by atoms with Gasteiger partial charge in [-0.25, -0.2) is 19.9 Å². The standard InChI is InChI=1S/C20H17BrCl2N6O4/c1-10-12(22)7-6-11(19(31)28(2)27-20(32)33-3)16(10)25-18(30)14-9-15(21)26-29(14)17-13(23)5-4-8-24-17/h4-9H,1-3H3,(H,25,30)(H,27,32). The molecule has 0 atom stereocenters. The molecule has 0 aliphatic carbocycles. The molecule has 2 N–H and O–H groups in total. The van der Waals surface area contributed by atoms with Gasteiger partial charge in [0.05, 0.1) is 23.4 Å². The molecule has 3 rings (SSSR count). The van der Waals surface area contributed by atoms with E-state index in [9.17, 15) is 14.4 Å². The normalized spacial score (nSPS) is 10.5. The molecule has 0 unspecified atom stereocenters. The number of hydrogen-bond donors (Lipinski definition) is 2. The number of halogens is 3. The Hall–Kier alpha value is -3.15. The van der Waals surface area contributed by atoms with Gasteiger partial charge < -0.3 is 10.1 Å². The fraction of sp³-hybridized carbons (Fsp3) is 0.150. The van der Waals surface area contributed by atoms with Gasteiger partial charge in [-0.2, -0.15) is 5.10 Å². The van der Waals surface area contributed by atoms with E-state index in [2.05, 4.69) is 41.5 Å². The van der Waals surface area contributed by atoms with Crippen LogP contribution >= 0.6 is 39.1 Å². The Morgan fingerprint density at radius 2 is 1.91 bits per heavy atom. The molecule has 0 radical (unpaired) electrons. The molecule has 33 heavy (non-hydrogen) atoms. The van der Waals surface area contributed by atoms with Crippen molar-refractivity contribution >= 4 is 62.7 Å². The summed E-state index contributed by atoms with van der Waals surface area (Å²) in [6, 6.07) is 7.69. The van der Waals surface area contributed by atoms with Crippen molar-refractivity contribution < 1.29 is 19.1 Å². The van der Waals surface area contributed by atoms with Crippen LogP contribution in [0.5, 0.6) is 0 Å². The molecule has 3 aromatic rings. The Kier molecular flexibility index (Phi) is 7.57. The molecule has 0 bridgehead atoms. The van der Waals surface area contributed by atoms with Gasteiger partial charge in [0.25, 0.3) is 11.8 Å². The molecule has 0 fully saturated rings. The van der Waals surface area contributed by atoms with Crippen molar-refractivity contribution in [3.8, 4) is 5.82 Å². The van der Waals surface area contributed by atoms with Crippen LogP contribution in [-0.4, -0.2) is 51.8 Å². The summed E-state index contributed by atoms with van der Waals surface area (Å²) in [6.07, 6.45) is 0.684. The lowest BCUT2D eigenvalue weighted by atomic mass is 10.1. The molecule has 13 heteroatoms. The summed E-state index contributed by atoms with van der Waals surface area (Å²) in [5.74, 6) is -0.966. The van der Waals surface area contributed by atoms with Crippen molar-refractivity contribution in [2.75, 3.05) is 19.5 Å². The van der Waals surface area contributed by atoms with Gasteiger partial charge in [-0.3, -0.25) is 14.6 Å². The first-order valence-electron chi connectivity index (χ1n) is 9.23. The largest absolute Gasteiger partial charge is 0.452 e. The Morgan fingerprint density at radius 3 is 2.58 bits per heavy atom. The van der Waals surface area contributed by atoms with Gasteiger partial charge >= 0.3 is 6.09 Å². The minimum atomic E-state index is -0.830. The van der Waals surface area contributed by atoms with Crippen LogP contribution in [0.25, 0.3) is 5.82 Å². The van der Waals surface area contributed by atoms with Gasteiger partial charge in [0.15, 0.2) is 5.82 Å². The molecule has 3 amide bonds. The fourth-order valence-electron chi connectivity index (χ4n) is 2.83. The summed E-state index contributed by atoms with van der Waals surface area (Å²) in [7, 11) is 2.50. The van der Waals surface area contributed by atoms with E-state index >= 15 is 0 Å². The first-order chi connectivity index (χ1) is 15.6. The molecule has 1 aromatic carbocycles. The fourth-order valence-corrected chi connectivity index (χ4v) is 3.56. The molecule has 0 aliphatic rings. The average molecular weight is 556 g/mol. The molecule has 0 aliphatic heterocycles. The second-order valence-corrected chi connectivity index (χ2v) is 8.22. The molecule has 172 valence electrons. The van der Waals surface area contributed by atoms with E-state index < -0.39 is 17.9 Å². The Morgan fingerprint density at radius 1 is 1.18 bits per heavy atom. The third kappa shape index (κ3) is 5.27. The maximum atomic E-state index is 13.2. The molecule has 10 nitrogen and oxygen atoms in total. The van der Waals surface area contributed by atoms with Crippen molar-refractivity contribution in [1.29, 1.82) is 0 Å². The summed E-state index contributed by atoms with van der Waals surface area (Å²) in [4.78, 5) is 41.9. The lowest BCUT2D eigenvalue weighted by Crippen LogP contribution is -2.43. The quantitative estimate of drug-likeness (QED) is 0.465.